The summed E-state index contributed by atoms with van der Waals surface area (Å²) in [6, 6.07) is 3.96. The molecular weight excluding hydrogens is 314 g/mol. The van der Waals surface area contributed by atoms with Gasteiger partial charge < -0.3 is 10.1 Å². The van der Waals surface area contributed by atoms with Crippen LogP contribution in [0.5, 0.6) is 0 Å². The molecule has 1 aliphatic heterocycles. The van der Waals surface area contributed by atoms with E-state index in [0.717, 1.165) is 54.2 Å². The molecule has 1 heterocycles. The normalized spacial score (nSPS) is 16.8. The second-order valence-electron chi connectivity index (χ2n) is 4.67. The molecule has 0 bridgehead atoms. The van der Waals surface area contributed by atoms with Gasteiger partial charge in [0.15, 0.2) is 0 Å². The van der Waals surface area contributed by atoms with E-state index in [-0.39, 0.29) is 0 Å². The van der Waals surface area contributed by atoms with Gasteiger partial charge in [0.2, 0.25) is 0 Å². The van der Waals surface area contributed by atoms with E-state index in [0.29, 0.717) is 5.92 Å². The lowest BCUT2D eigenvalue weighted by Crippen LogP contribution is -2.23. The van der Waals surface area contributed by atoms with Gasteiger partial charge in [-0.3, -0.25) is 0 Å². The topological polar surface area (TPSA) is 21.3 Å². The number of rotatable bonds is 4. The number of hydrogen-bond donors (Lipinski definition) is 1. The van der Waals surface area contributed by atoms with Crippen LogP contribution in [0.1, 0.15) is 25.3 Å². The molecule has 0 saturated carbocycles. The Hall–Kier alpha value is -0.250. The Labute approximate surface area is 122 Å². The Morgan fingerprint density at radius 2 is 2.11 bits per heavy atom. The van der Waals surface area contributed by atoms with Crippen molar-refractivity contribution in [1.29, 1.82) is 0 Å². The van der Waals surface area contributed by atoms with E-state index in [2.05, 4.69) is 28.2 Å². The van der Waals surface area contributed by atoms with Crippen molar-refractivity contribution in [3.8, 4) is 0 Å². The summed E-state index contributed by atoms with van der Waals surface area (Å²) in [5.41, 5.74) is 2.34. The lowest BCUT2D eigenvalue weighted by Gasteiger charge is -2.24. The number of halogens is 2. The molecule has 1 fully saturated rings. The highest BCUT2D eigenvalue weighted by molar-refractivity contribution is 9.10. The van der Waals surface area contributed by atoms with Crippen LogP contribution in [0, 0.1) is 5.92 Å². The van der Waals surface area contributed by atoms with Crippen molar-refractivity contribution in [2.75, 3.05) is 25.1 Å². The average Bonchev–Trinajstić information content (AvgIpc) is 2.41. The van der Waals surface area contributed by atoms with Crippen molar-refractivity contribution >= 4 is 33.2 Å². The van der Waals surface area contributed by atoms with Crippen LogP contribution in [0.25, 0.3) is 0 Å². The summed E-state index contributed by atoms with van der Waals surface area (Å²) in [4.78, 5) is 0. The first-order chi connectivity index (χ1) is 8.72. The minimum atomic E-state index is 0.693. The quantitative estimate of drug-likeness (QED) is 0.876. The monoisotopic (exact) mass is 331 g/mol. The van der Waals surface area contributed by atoms with Crippen molar-refractivity contribution in [3.63, 3.8) is 0 Å². The molecule has 0 amide bonds. The van der Waals surface area contributed by atoms with Gasteiger partial charge in [-0.1, -0.05) is 34.5 Å². The smallest absolute Gasteiger partial charge is 0.0641 e. The van der Waals surface area contributed by atoms with Crippen molar-refractivity contribution in [3.05, 3.63) is 27.2 Å². The summed E-state index contributed by atoms with van der Waals surface area (Å²) in [6.45, 7) is 4.90. The molecule has 0 aromatic heterocycles. The minimum absolute atomic E-state index is 0.693. The van der Waals surface area contributed by atoms with Gasteiger partial charge in [0.25, 0.3) is 0 Å². The number of anilines is 1. The molecule has 2 nitrogen and oxygen atoms in total. The van der Waals surface area contributed by atoms with E-state index in [1.807, 2.05) is 12.1 Å². The van der Waals surface area contributed by atoms with Crippen LogP contribution in [0.15, 0.2) is 16.6 Å². The molecule has 2 rings (SSSR count). The fourth-order valence-electron chi connectivity index (χ4n) is 2.33. The van der Waals surface area contributed by atoms with Crippen LogP contribution in [-0.4, -0.2) is 19.8 Å². The molecule has 1 aromatic rings. The second kappa shape index (κ2) is 6.78. The van der Waals surface area contributed by atoms with Crippen LogP contribution in [0.4, 0.5) is 5.69 Å². The third-order valence-electron chi connectivity index (χ3n) is 3.47. The minimum Gasteiger partial charge on any atom is -0.383 e. The van der Waals surface area contributed by atoms with Gasteiger partial charge in [0, 0.05) is 24.2 Å². The van der Waals surface area contributed by atoms with Gasteiger partial charge in [-0.2, -0.15) is 0 Å². The Bertz CT molecular complexity index is 405. The van der Waals surface area contributed by atoms with Crippen LogP contribution in [0.2, 0.25) is 5.02 Å². The average molecular weight is 333 g/mol. The number of hydrogen-bond acceptors (Lipinski definition) is 2. The Morgan fingerprint density at radius 3 is 2.78 bits per heavy atom. The molecule has 18 heavy (non-hydrogen) atoms. The van der Waals surface area contributed by atoms with Gasteiger partial charge in [-0.05, 0) is 42.9 Å². The Morgan fingerprint density at radius 1 is 1.39 bits per heavy atom. The number of ether oxygens (including phenoxy) is 1. The largest absolute Gasteiger partial charge is 0.383 e. The third-order valence-corrected chi connectivity index (χ3v) is 4.52. The highest BCUT2D eigenvalue weighted by atomic mass is 79.9. The van der Waals surface area contributed by atoms with Crippen molar-refractivity contribution in [1.82, 2.24) is 0 Å². The summed E-state index contributed by atoms with van der Waals surface area (Å²) in [5, 5.41) is 4.33. The molecule has 1 aromatic carbocycles. The lowest BCUT2D eigenvalue weighted by atomic mass is 10.00. The molecule has 0 atom stereocenters. The molecule has 4 heteroatoms. The molecule has 0 aliphatic carbocycles. The molecular formula is C14H19BrClNO. The zero-order valence-corrected chi connectivity index (χ0v) is 13.0. The second-order valence-corrected chi connectivity index (χ2v) is 5.93. The fourth-order valence-corrected chi connectivity index (χ4v) is 3.18. The first kappa shape index (κ1) is 14.2. The predicted molar refractivity (Wildman–Crippen MR) is 80.6 cm³/mol. The standard InChI is InChI=1S/C14H19BrClNO/c1-2-11-12(15)3-4-13(16)14(11)17-9-10-5-7-18-8-6-10/h3-4,10,17H,2,5-9H2,1H3. The van der Waals surface area contributed by atoms with Crippen molar-refractivity contribution in [2.45, 2.75) is 26.2 Å². The maximum atomic E-state index is 6.29. The maximum Gasteiger partial charge on any atom is 0.0641 e. The molecule has 1 aliphatic rings. The highest BCUT2D eigenvalue weighted by Gasteiger charge is 2.15. The molecule has 1 N–H and O–H groups in total. The van der Waals surface area contributed by atoms with E-state index in [9.17, 15) is 0 Å². The van der Waals surface area contributed by atoms with Gasteiger partial charge in [-0.15, -0.1) is 0 Å². The first-order valence-electron chi connectivity index (χ1n) is 6.50. The molecule has 0 radical (unpaired) electrons. The van der Waals surface area contributed by atoms with Gasteiger partial charge in [0.1, 0.15) is 0 Å². The van der Waals surface area contributed by atoms with Crippen LogP contribution in [0.3, 0.4) is 0 Å². The van der Waals surface area contributed by atoms with E-state index in [1.165, 1.54) is 5.56 Å². The fraction of sp³-hybridized carbons (Fsp3) is 0.571. The third kappa shape index (κ3) is 3.40. The SMILES string of the molecule is CCc1c(Br)ccc(Cl)c1NCC1CCOCC1. The summed E-state index contributed by atoms with van der Waals surface area (Å²) in [7, 11) is 0. The van der Waals surface area contributed by atoms with Gasteiger partial charge in [-0.25, -0.2) is 0 Å². The summed E-state index contributed by atoms with van der Waals surface area (Å²) in [5.74, 6) is 0.693. The van der Waals surface area contributed by atoms with Gasteiger partial charge >= 0.3 is 0 Å². The summed E-state index contributed by atoms with van der Waals surface area (Å²) in [6.07, 6.45) is 3.25. The highest BCUT2D eigenvalue weighted by Crippen LogP contribution is 2.33. The molecule has 0 spiro atoms. The van der Waals surface area contributed by atoms with Crippen molar-refractivity contribution in [2.24, 2.45) is 5.92 Å². The lowest BCUT2D eigenvalue weighted by molar-refractivity contribution is 0.0699. The Balaban J connectivity index is 2.05. The van der Waals surface area contributed by atoms with Crippen molar-refractivity contribution < 1.29 is 4.74 Å². The zero-order valence-electron chi connectivity index (χ0n) is 10.6. The van der Waals surface area contributed by atoms with E-state index in [1.54, 1.807) is 0 Å². The first-order valence-corrected chi connectivity index (χ1v) is 7.68. The van der Waals surface area contributed by atoms with Crippen LogP contribution >= 0.6 is 27.5 Å². The molecule has 100 valence electrons. The molecule has 0 unspecified atom stereocenters. The van der Waals surface area contributed by atoms with Crippen LogP contribution in [-0.2, 0) is 11.2 Å². The summed E-state index contributed by atoms with van der Waals surface area (Å²) >= 11 is 9.88. The zero-order chi connectivity index (χ0) is 13.0. The van der Waals surface area contributed by atoms with E-state index in [4.69, 9.17) is 16.3 Å². The molecule has 1 saturated heterocycles. The van der Waals surface area contributed by atoms with E-state index >= 15 is 0 Å². The maximum absolute atomic E-state index is 6.29. The predicted octanol–water partition coefficient (Wildman–Crippen LogP) is 4.50. The summed E-state index contributed by atoms with van der Waals surface area (Å²) < 4.78 is 6.51. The number of nitrogens with one attached hydrogen (secondary N) is 1. The number of benzene rings is 1. The van der Waals surface area contributed by atoms with Crippen LogP contribution < -0.4 is 5.32 Å². The van der Waals surface area contributed by atoms with E-state index < -0.39 is 0 Å². The van der Waals surface area contributed by atoms with Gasteiger partial charge in [0.05, 0.1) is 10.7 Å². The Kier molecular flexibility index (Phi) is 5.34.